The van der Waals surface area contributed by atoms with Crippen LogP contribution in [-0.2, 0) is 0 Å². The Bertz CT molecular complexity index is 1310. The summed E-state index contributed by atoms with van der Waals surface area (Å²) in [6, 6.07) is 25.2. The lowest BCUT2D eigenvalue weighted by Crippen LogP contribution is -2.29. The van der Waals surface area contributed by atoms with Crippen molar-refractivity contribution in [2.24, 2.45) is 0 Å². The molecule has 0 saturated carbocycles. The molecule has 1 aliphatic rings. The summed E-state index contributed by atoms with van der Waals surface area (Å²) in [7, 11) is 0. The van der Waals surface area contributed by atoms with E-state index in [1.807, 2.05) is 24.4 Å². The molecule has 2 aromatic carbocycles. The maximum absolute atomic E-state index is 5.88. The van der Waals surface area contributed by atoms with Crippen molar-refractivity contribution in [1.29, 1.82) is 0 Å². The summed E-state index contributed by atoms with van der Waals surface area (Å²) in [4.78, 5) is 6.92. The quantitative estimate of drug-likeness (QED) is 0.304. The van der Waals surface area contributed by atoms with E-state index in [2.05, 4.69) is 111 Å². The van der Waals surface area contributed by atoms with E-state index in [4.69, 9.17) is 12.2 Å². The lowest BCUT2D eigenvalue weighted by Gasteiger charge is -2.28. The summed E-state index contributed by atoms with van der Waals surface area (Å²) >= 11 is 9.50. The molecule has 1 fully saturated rings. The van der Waals surface area contributed by atoms with Crippen LogP contribution in [0.5, 0.6) is 0 Å². The molecule has 4 nitrogen and oxygen atoms in total. The van der Waals surface area contributed by atoms with Crippen LogP contribution in [0.4, 0.5) is 5.69 Å². The lowest BCUT2D eigenvalue weighted by molar-refractivity contribution is 0.565. The Morgan fingerprint density at radius 1 is 0.909 bits per heavy atom. The molecule has 4 aromatic rings. The van der Waals surface area contributed by atoms with Crippen molar-refractivity contribution in [3.8, 4) is 5.69 Å². The SMILES string of the molecule is Cc1ccc(N2C(=S)N[C@@H](c3ccccn3)[C@@H]2c2cc(C)n(-c3cccc(Br)c3)c2C)cc1. The fraction of sp³-hybridized carbons (Fsp3) is 0.185. The van der Waals surface area contributed by atoms with Crippen molar-refractivity contribution in [3.05, 3.63) is 112 Å². The van der Waals surface area contributed by atoms with Crippen LogP contribution in [-0.4, -0.2) is 14.7 Å². The fourth-order valence-corrected chi connectivity index (χ4v) is 5.49. The number of hydrogen-bond donors (Lipinski definition) is 1. The number of aromatic nitrogens is 2. The van der Waals surface area contributed by atoms with Crippen molar-refractivity contribution < 1.29 is 0 Å². The van der Waals surface area contributed by atoms with Crippen molar-refractivity contribution in [3.63, 3.8) is 0 Å². The van der Waals surface area contributed by atoms with Gasteiger partial charge in [0.15, 0.2) is 5.11 Å². The molecule has 3 heterocycles. The van der Waals surface area contributed by atoms with Crippen LogP contribution >= 0.6 is 28.1 Å². The summed E-state index contributed by atoms with van der Waals surface area (Å²) in [6.45, 7) is 6.45. The first-order valence-electron chi connectivity index (χ1n) is 11.0. The van der Waals surface area contributed by atoms with Gasteiger partial charge in [-0.25, -0.2) is 0 Å². The Labute approximate surface area is 208 Å². The second kappa shape index (κ2) is 8.76. The molecule has 166 valence electrons. The normalized spacial score (nSPS) is 17.9. The first-order chi connectivity index (χ1) is 15.9. The van der Waals surface area contributed by atoms with Crippen LogP contribution in [0.3, 0.4) is 0 Å². The zero-order chi connectivity index (χ0) is 23.1. The molecule has 5 rings (SSSR count). The largest absolute Gasteiger partial charge is 0.351 e. The number of nitrogens with zero attached hydrogens (tertiary/aromatic N) is 3. The molecule has 0 spiro atoms. The predicted octanol–water partition coefficient (Wildman–Crippen LogP) is 6.74. The average Bonchev–Trinajstić information content (AvgIpc) is 3.30. The molecule has 0 amide bonds. The molecule has 33 heavy (non-hydrogen) atoms. The molecule has 2 atom stereocenters. The second-order valence-electron chi connectivity index (χ2n) is 8.47. The Morgan fingerprint density at radius 2 is 1.70 bits per heavy atom. The minimum Gasteiger partial charge on any atom is -0.351 e. The summed E-state index contributed by atoms with van der Waals surface area (Å²) in [5, 5.41) is 4.28. The van der Waals surface area contributed by atoms with E-state index in [0.717, 1.165) is 21.5 Å². The monoisotopic (exact) mass is 516 g/mol. The molecule has 1 N–H and O–H groups in total. The van der Waals surface area contributed by atoms with E-state index >= 15 is 0 Å². The number of halogens is 1. The van der Waals surface area contributed by atoms with Crippen molar-refractivity contribution >= 4 is 38.9 Å². The highest BCUT2D eigenvalue weighted by molar-refractivity contribution is 9.10. The fourth-order valence-electron chi connectivity index (χ4n) is 4.75. The summed E-state index contributed by atoms with van der Waals surface area (Å²) in [5.74, 6) is 0. The van der Waals surface area contributed by atoms with Crippen LogP contribution in [0.1, 0.15) is 40.3 Å². The van der Waals surface area contributed by atoms with Crippen LogP contribution in [0.15, 0.2) is 83.5 Å². The Kier molecular flexibility index (Phi) is 5.81. The number of nitrogens with one attached hydrogen (secondary N) is 1. The number of anilines is 1. The predicted molar refractivity (Wildman–Crippen MR) is 142 cm³/mol. The first-order valence-corrected chi connectivity index (χ1v) is 12.2. The smallest absolute Gasteiger partial charge is 0.174 e. The molecular formula is C27H25BrN4S. The van der Waals surface area contributed by atoms with Gasteiger partial charge in [0.1, 0.15) is 0 Å². The van der Waals surface area contributed by atoms with Crippen molar-refractivity contribution in [1.82, 2.24) is 14.9 Å². The third kappa shape index (κ3) is 3.98. The van der Waals surface area contributed by atoms with Gasteiger partial charge in [0, 0.05) is 33.4 Å². The molecular weight excluding hydrogens is 492 g/mol. The standard InChI is InChI=1S/C27H25BrN4S/c1-17-10-12-21(13-11-17)32-26(25(30-27(32)33)24-9-4-5-14-29-24)23-15-18(2)31(19(23)3)22-8-6-7-20(28)16-22/h4-16,25-26H,1-3H3,(H,30,33)/t25-,26-/m0/s1. The molecule has 1 saturated heterocycles. The number of thiocarbonyl (C=S) groups is 1. The van der Waals surface area contributed by atoms with Gasteiger partial charge in [0.25, 0.3) is 0 Å². The second-order valence-corrected chi connectivity index (χ2v) is 9.78. The van der Waals surface area contributed by atoms with Crippen LogP contribution in [0.25, 0.3) is 5.69 Å². The summed E-state index contributed by atoms with van der Waals surface area (Å²) in [5.41, 5.74) is 8.02. The van der Waals surface area contributed by atoms with Gasteiger partial charge in [-0.1, -0.05) is 45.8 Å². The highest BCUT2D eigenvalue weighted by Gasteiger charge is 2.42. The topological polar surface area (TPSA) is 33.1 Å². The molecule has 0 radical (unpaired) electrons. The molecule has 0 unspecified atom stereocenters. The van der Waals surface area contributed by atoms with Gasteiger partial charge in [0.05, 0.1) is 17.8 Å². The molecule has 2 aromatic heterocycles. The third-order valence-electron chi connectivity index (χ3n) is 6.27. The Hall–Kier alpha value is -2.96. The van der Waals surface area contributed by atoms with Gasteiger partial charge >= 0.3 is 0 Å². The average molecular weight is 517 g/mol. The molecule has 0 aliphatic carbocycles. The number of aryl methyl sites for hydroxylation is 2. The minimum absolute atomic E-state index is 0.0257. The van der Waals surface area contributed by atoms with E-state index in [9.17, 15) is 0 Å². The highest BCUT2D eigenvalue weighted by atomic mass is 79.9. The highest BCUT2D eigenvalue weighted by Crippen LogP contribution is 2.43. The van der Waals surface area contributed by atoms with Gasteiger partial charge < -0.3 is 14.8 Å². The van der Waals surface area contributed by atoms with Gasteiger partial charge in [-0.05, 0) is 87.1 Å². The maximum atomic E-state index is 5.88. The summed E-state index contributed by atoms with van der Waals surface area (Å²) in [6.07, 6.45) is 1.84. The lowest BCUT2D eigenvalue weighted by atomic mass is 9.96. The third-order valence-corrected chi connectivity index (χ3v) is 7.07. The van der Waals surface area contributed by atoms with Gasteiger partial charge in [-0.15, -0.1) is 0 Å². The van der Waals surface area contributed by atoms with E-state index in [-0.39, 0.29) is 12.1 Å². The van der Waals surface area contributed by atoms with Gasteiger partial charge in [-0.2, -0.15) is 0 Å². The van der Waals surface area contributed by atoms with Gasteiger partial charge in [-0.3, -0.25) is 4.98 Å². The van der Waals surface area contributed by atoms with Crippen LogP contribution in [0, 0.1) is 20.8 Å². The Morgan fingerprint density at radius 3 is 2.39 bits per heavy atom. The molecule has 1 aliphatic heterocycles. The van der Waals surface area contributed by atoms with E-state index in [1.165, 1.54) is 22.5 Å². The van der Waals surface area contributed by atoms with Crippen LogP contribution < -0.4 is 10.2 Å². The van der Waals surface area contributed by atoms with E-state index in [0.29, 0.717) is 5.11 Å². The van der Waals surface area contributed by atoms with Crippen LogP contribution in [0.2, 0.25) is 0 Å². The number of rotatable bonds is 4. The maximum Gasteiger partial charge on any atom is 0.174 e. The summed E-state index contributed by atoms with van der Waals surface area (Å²) < 4.78 is 3.37. The van der Waals surface area contributed by atoms with Gasteiger partial charge in [0.2, 0.25) is 0 Å². The van der Waals surface area contributed by atoms with E-state index in [1.54, 1.807) is 0 Å². The van der Waals surface area contributed by atoms with E-state index < -0.39 is 0 Å². The zero-order valence-corrected chi connectivity index (χ0v) is 21.2. The minimum atomic E-state index is -0.0588. The first kappa shape index (κ1) is 21.9. The number of benzene rings is 2. The zero-order valence-electron chi connectivity index (χ0n) is 18.8. The number of pyridine rings is 1. The molecule has 6 heteroatoms. The Balaban J connectivity index is 1.68. The van der Waals surface area contributed by atoms with Crippen molar-refractivity contribution in [2.45, 2.75) is 32.9 Å². The molecule has 0 bridgehead atoms. The van der Waals surface area contributed by atoms with Crippen molar-refractivity contribution in [2.75, 3.05) is 4.90 Å². The number of hydrogen-bond acceptors (Lipinski definition) is 2.